The highest BCUT2D eigenvalue weighted by molar-refractivity contribution is 7.16. The summed E-state index contributed by atoms with van der Waals surface area (Å²) in [6.45, 7) is 4.82. The molecule has 0 radical (unpaired) electrons. The number of halogens is 3. The lowest BCUT2D eigenvalue weighted by molar-refractivity contribution is -0.137. The van der Waals surface area contributed by atoms with Gasteiger partial charge in [0.05, 0.1) is 39.2 Å². The predicted octanol–water partition coefficient (Wildman–Crippen LogP) is 4.55. The van der Waals surface area contributed by atoms with E-state index in [1.165, 1.54) is 17.4 Å². The van der Waals surface area contributed by atoms with Gasteiger partial charge in [0.25, 0.3) is 0 Å². The summed E-state index contributed by atoms with van der Waals surface area (Å²) in [5.41, 5.74) is 1.01. The van der Waals surface area contributed by atoms with E-state index in [2.05, 4.69) is 15.0 Å². The number of carbonyl (C=O) groups excluding carboxylic acids is 1. The van der Waals surface area contributed by atoms with E-state index >= 15 is 0 Å². The third-order valence-electron chi connectivity index (χ3n) is 4.75. The lowest BCUT2D eigenvalue weighted by Crippen LogP contribution is -2.51. The van der Waals surface area contributed by atoms with Crippen LogP contribution in [0.2, 0.25) is 0 Å². The van der Waals surface area contributed by atoms with Crippen LogP contribution in [0.4, 0.5) is 19.0 Å². The maximum Gasteiger partial charge on any atom is 0.417 e. The number of Topliss-reactive ketones (excluding diaryl/α,β-unsaturated/α-hetero) is 1. The number of alkyl halides is 3. The van der Waals surface area contributed by atoms with E-state index in [0.717, 1.165) is 38.5 Å². The summed E-state index contributed by atoms with van der Waals surface area (Å²) in [5, 5.41) is 3.69. The molecule has 152 valence electrons. The molecule has 0 N–H and O–H groups in total. The van der Waals surface area contributed by atoms with E-state index in [4.69, 9.17) is 0 Å². The van der Waals surface area contributed by atoms with Crippen LogP contribution >= 0.6 is 22.7 Å². The van der Waals surface area contributed by atoms with Gasteiger partial charge < -0.3 is 4.90 Å². The molecule has 1 aliphatic heterocycles. The number of anilines is 1. The first-order valence-electron chi connectivity index (χ1n) is 8.90. The maximum atomic E-state index is 12.6. The minimum absolute atomic E-state index is 0.0891. The number of carbonyl (C=O) groups is 1. The average molecular weight is 438 g/mol. The van der Waals surface area contributed by atoms with E-state index in [1.54, 1.807) is 16.2 Å². The summed E-state index contributed by atoms with van der Waals surface area (Å²) < 4.78 is 37.9. The summed E-state index contributed by atoms with van der Waals surface area (Å²) in [5.74, 6) is 0.389. The molecule has 1 aliphatic rings. The van der Waals surface area contributed by atoms with E-state index in [0.29, 0.717) is 18.9 Å². The second-order valence-corrected chi connectivity index (χ2v) is 9.07. The van der Waals surface area contributed by atoms with Crippen molar-refractivity contribution in [3.8, 4) is 10.6 Å². The molecule has 10 heteroatoms. The molecule has 0 bridgehead atoms. The summed E-state index contributed by atoms with van der Waals surface area (Å²) in [4.78, 5) is 28.2. The second-order valence-electron chi connectivity index (χ2n) is 6.92. The Balaban J connectivity index is 1.34. The normalized spacial score (nSPS) is 14.9. The lowest BCUT2D eigenvalue weighted by Gasteiger charge is -2.39. The number of thiazole rings is 2. The summed E-state index contributed by atoms with van der Waals surface area (Å²) >= 11 is 3.04. The summed E-state index contributed by atoms with van der Waals surface area (Å²) in [7, 11) is 0. The molecule has 4 heterocycles. The van der Waals surface area contributed by atoms with Crippen molar-refractivity contribution in [1.29, 1.82) is 0 Å². The molecular formula is C19H17F3N4OS2. The molecule has 29 heavy (non-hydrogen) atoms. The van der Waals surface area contributed by atoms with Gasteiger partial charge in [-0.2, -0.15) is 13.2 Å². The second kappa shape index (κ2) is 7.49. The van der Waals surface area contributed by atoms with E-state index in [-0.39, 0.29) is 18.1 Å². The van der Waals surface area contributed by atoms with Crippen LogP contribution in [0.5, 0.6) is 0 Å². The van der Waals surface area contributed by atoms with Crippen molar-refractivity contribution >= 4 is 34.3 Å². The van der Waals surface area contributed by atoms with Gasteiger partial charge in [0.1, 0.15) is 16.6 Å². The number of rotatable bonds is 5. The van der Waals surface area contributed by atoms with Gasteiger partial charge in [0.2, 0.25) is 0 Å². The average Bonchev–Trinajstić information content (AvgIpc) is 3.19. The molecule has 0 atom stereocenters. The van der Waals surface area contributed by atoms with Gasteiger partial charge in [0.15, 0.2) is 0 Å². The zero-order valence-electron chi connectivity index (χ0n) is 15.7. The SMILES string of the molecule is Cc1nc(C)c(-c2csc(CC(=O)C3CN(c4ccc(C(F)(F)F)cn4)C3)n2)s1. The molecule has 1 fully saturated rings. The van der Waals surface area contributed by atoms with E-state index in [1.807, 2.05) is 19.2 Å². The van der Waals surface area contributed by atoms with Crippen LogP contribution in [0, 0.1) is 19.8 Å². The molecule has 0 unspecified atom stereocenters. The van der Waals surface area contributed by atoms with Crippen molar-refractivity contribution in [3.05, 3.63) is 45.0 Å². The van der Waals surface area contributed by atoms with Gasteiger partial charge in [-0.05, 0) is 26.0 Å². The third kappa shape index (κ3) is 4.18. The minimum Gasteiger partial charge on any atom is -0.355 e. The van der Waals surface area contributed by atoms with Crippen LogP contribution in [0.1, 0.15) is 21.3 Å². The Hall–Kier alpha value is -2.33. The van der Waals surface area contributed by atoms with E-state index in [9.17, 15) is 18.0 Å². The molecule has 3 aromatic rings. The van der Waals surface area contributed by atoms with Crippen LogP contribution in [-0.4, -0.2) is 33.8 Å². The quantitative estimate of drug-likeness (QED) is 0.585. The lowest BCUT2D eigenvalue weighted by atomic mass is 9.93. The highest BCUT2D eigenvalue weighted by atomic mass is 32.1. The topological polar surface area (TPSA) is 59.0 Å². The largest absolute Gasteiger partial charge is 0.417 e. The van der Waals surface area contributed by atoms with Crippen LogP contribution in [-0.2, 0) is 17.4 Å². The Morgan fingerprint density at radius 1 is 1.24 bits per heavy atom. The molecule has 0 aliphatic carbocycles. The molecule has 0 amide bonds. The number of aryl methyl sites for hydroxylation is 2. The fourth-order valence-electron chi connectivity index (χ4n) is 3.17. The predicted molar refractivity (Wildman–Crippen MR) is 106 cm³/mol. The Morgan fingerprint density at radius 3 is 2.59 bits per heavy atom. The van der Waals surface area contributed by atoms with Crippen LogP contribution in [0.3, 0.4) is 0 Å². The molecule has 3 aromatic heterocycles. The highest BCUT2D eigenvalue weighted by Gasteiger charge is 2.35. The number of ketones is 1. The summed E-state index contributed by atoms with van der Waals surface area (Å²) in [6.07, 6.45) is -3.31. The van der Waals surface area contributed by atoms with Gasteiger partial charge in [0, 0.05) is 24.7 Å². The van der Waals surface area contributed by atoms with Crippen molar-refractivity contribution in [3.63, 3.8) is 0 Å². The zero-order chi connectivity index (χ0) is 20.8. The third-order valence-corrected chi connectivity index (χ3v) is 6.69. The van der Waals surface area contributed by atoms with Crippen LogP contribution in [0.15, 0.2) is 23.7 Å². The van der Waals surface area contributed by atoms with E-state index < -0.39 is 11.7 Å². The highest BCUT2D eigenvalue weighted by Crippen LogP contribution is 2.32. The fraction of sp³-hybridized carbons (Fsp3) is 0.368. The van der Waals surface area contributed by atoms with Gasteiger partial charge in [-0.1, -0.05) is 0 Å². The molecule has 0 spiro atoms. The van der Waals surface area contributed by atoms with Gasteiger partial charge in [-0.3, -0.25) is 4.79 Å². The Kier molecular flexibility index (Phi) is 5.16. The first kappa shape index (κ1) is 20.0. The standard InChI is InChI=1S/C19H17F3N4OS2/c1-10-18(29-11(2)24-10)14-9-28-17(25-14)5-15(27)12-7-26(8-12)16-4-3-13(6-23-16)19(20,21)22/h3-4,6,9,12H,5,7-8H2,1-2H3. The van der Waals surface area contributed by atoms with Crippen molar-refractivity contribution < 1.29 is 18.0 Å². The molecule has 5 nitrogen and oxygen atoms in total. The minimum atomic E-state index is -4.40. The van der Waals surface area contributed by atoms with Crippen LogP contribution < -0.4 is 4.90 Å². The maximum absolute atomic E-state index is 12.6. The fourth-order valence-corrected chi connectivity index (χ4v) is 4.92. The molecule has 4 rings (SSSR count). The number of hydrogen-bond acceptors (Lipinski definition) is 7. The first-order valence-corrected chi connectivity index (χ1v) is 10.6. The van der Waals surface area contributed by atoms with Crippen LogP contribution in [0.25, 0.3) is 10.6 Å². The Bertz CT molecular complexity index is 1040. The number of hydrogen-bond donors (Lipinski definition) is 0. The van der Waals surface area contributed by atoms with Crippen molar-refractivity contribution in [2.75, 3.05) is 18.0 Å². The van der Waals surface area contributed by atoms with Crippen molar-refractivity contribution in [2.24, 2.45) is 5.92 Å². The molecular weight excluding hydrogens is 421 g/mol. The first-order chi connectivity index (χ1) is 13.7. The van der Waals surface area contributed by atoms with Gasteiger partial charge >= 0.3 is 6.18 Å². The van der Waals surface area contributed by atoms with Crippen molar-refractivity contribution in [1.82, 2.24) is 15.0 Å². The monoisotopic (exact) mass is 438 g/mol. The Morgan fingerprint density at radius 2 is 2.00 bits per heavy atom. The molecule has 0 aromatic carbocycles. The number of aromatic nitrogens is 3. The smallest absolute Gasteiger partial charge is 0.355 e. The van der Waals surface area contributed by atoms with Gasteiger partial charge in [-0.15, -0.1) is 22.7 Å². The summed E-state index contributed by atoms with van der Waals surface area (Å²) in [6, 6.07) is 2.35. The molecule has 1 saturated heterocycles. The Labute approximate surface area is 173 Å². The number of pyridine rings is 1. The molecule has 0 saturated carbocycles. The zero-order valence-corrected chi connectivity index (χ0v) is 17.3. The van der Waals surface area contributed by atoms with Crippen molar-refractivity contribution in [2.45, 2.75) is 26.4 Å². The van der Waals surface area contributed by atoms with Gasteiger partial charge in [-0.25, -0.2) is 15.0 Å². The number of nitrogens with zero attached hydrogens (tertiary/aromatic N) is 4.